The molecule has 1 heterocycles. The van der Waals surface area contributed by atoms with Gasteiger partial charge in [-0.25, -0.2) is 0 Å². The van der Waals surface area contributed by atoms with E-state index in [9.17, 15) is 0 Å². The second-order valence-electron chi connectivity index (χ2n) is 7.53. The van der Waals surface area contributed by atoms with E-state index in [1.165, 1.54) is 51.6 Å². The molecule has 19 heavy (non-hydrogen) atoms. The Bertz CT molecular complexity index is 290. The van der Waals surface area contributed by atoms with Crippen molar-refractivity contribution in [2.45, 2.75) is 57.9 Å². The van der Waals surface area contributed by atoms with Crippen molar-refractivity contribution in [1.82, 2.24) is 4.90 Å². The third-order valence-electron chi connectivity index (χ3n) is 5.28. The van der Waals surface area contributed by atoms with Gasteiger partial charge in [0.1, 0.15) is 0 Å². The first-order valence-corrected chi connectivity index (χ1v) is 7.95. The quantitative estimate of drug-likeness (QED) is 0.852. The summed E-state index contributed by atoms with van der Waals surface area (Å²) in [5, 5.41) is 0. The summed E-state index contributed by atoms with van der Waals surface area (Å²) in [6.45, 7) is 8.95. The minimum absolute atomic E-state index is 0.258. The molecule has 0 spiro atoms. The van der Waals surface area contributed by atoms with Crippen LogP contribution in [0.2, 0.25) is 0 Å². The van der Waals surface area contributed by atoms with Crippen LogP contribution in [0.4, 0.5) is 0 Å². The molecule has 1 saturated heterocycles. The lowest BCUT2D eigenvalue weighted by Gasteiger charge is -2.53. The van der Waals surface area contributed by atoms with Crippen LogP contribution in [0, 0.1) is 11.3 Å². The maximum atomic E-state index is 6.24. The molecular formula is C16H32N2O. The largest absolute Gasteiger partial charge is 0.384 e. The van der Waals surface area contributed by atoms with Gasteiger partial charge in [-0.15, -0.1) is 0 Å². The van der Waals surface area contributed by atoms with Gasteiger partial charge in [0.2, 0.25) is 0 Å². The lowest BCUT2D eigenvalue weighted by Crippen LogP contribution is -2.60. The van der Waals surface area contributed by atoms with Crippen molar-refractivity contribution in [3.63, 3.8) is 0 Å². The monoisotopic (exact) mass is 268 g/mol. The van der Waals surface area contributed by atoms with E-state index in [0.717, 1.165) is 13.2 Å². The third kappa shape index (κ3) is 3.50. The first kappa shape index (κ1) is 15.3. The van der Waals surface area contributed by atoms with Crippen molar-refractivity contribution < 1.29 is 4.74 Å². The number of nitrogens with zero attached hydrogens (tertiary/aromatic N) is 1. The average molecular weight is 268 g/mol. The fourth-order valence-electron chi connectivity index (χ4n) is 4.40. The smallest absolute Gasteiger partial charge is 0.0502 e. The van der Waals surface area contributed by atoms with Gasteiger partial charge in [-0.2, -0.15) is 0 Å². The Labute approximate surface area is 118 Å². The summed E-state index contributed by atoms with van der Waals surface area (Å²) in [7, 11) is 1.82. The molecule has 3 heteroatoms. The van der Waals surface area contributed by atoms with Crippen molar-refractivity contribution in [3.8, 4) is 0 Å². The first-order valence-electron chi connectivity index (χ1n) is 7.95. The van der Waals surface area contributed by atoms with Crippen molar-refractivity contribution in [1.29, 1.82) is 0 Å². The summed E-state index contributed by atoms with van der Waals surface area (Å²) >= 11 is 0. The van der Waals surface area contributed by atoms with Gasteiger partial charge in [0.05, 0.1) is 6.61 Å². The Morgan fingerprint density at radius 1 is 1.26 bits per heavy atom. The molecule has 2 fully saturated rings. The number of hydrogen-bond acceptors (Lipinski definition) is 3. The molecule has 2 rings (SSSR count). The molecule has 2 N–H and O–H groups in total. The van der Waals surface area contributed by atoms with E-state index < -0.39 is 0 Å². The van der Waals surface area contributed by atoms with Crippen molar-refractivity contribution in [2.75, 3.05) is 33.4 Å². The standard InChI is InChI=1S/C16H32N2O/c1-15(2)7-5-8-16(12-15,13-17)18-9-4-6-14(10-18)11-19-3/h14H,4-13,17H2,1-3H3. The topological polar surface area (TPSA) is 38.5 Å². The number of hydrogen-bond donors (Lipinski definition) is 1. The van der Waals surface area contributed by atoms with Crippen LogP contribution in [0.1, 0.15) is 52.4 Å². The van der Waals surface area contributed by atoms with Gasteiger partial charge < -0.3 is 10.5 Å². The summed E-state index contributed by atoms with van der Waals surface area (Å²) in [6.07, 6.45) is 7.84. The molecule has 1 aliphatic heterocycles. The van der Waals surface area contributed by atoms with Gasteiger partial charge >= 0.3 is 0 Å². The molecule has 3 nitrogen and oxygen atoms in total. The highest BCUT2D eigenvalue weighted by molar-refractivity contribution is 5.00. The third-order valence-corrected chi connectivity index (χ3v) is 5.28. The van der Waals surface area contributed by atoms with Crippen LogP contribution in [0.3, 0.4) is 0 Å². The Hall–Kier alpha value is -0.120. The second-order valence-corrected chi connectivity index (χ2v) is 7.53. The lowest BCUT2D eigenvalue weighted by atomic mass is 9.66. The predicted molar refractivity (Wildman–Crippen MR) is 80.2 cm³/mol. The van der Waals surface area contributed by atoms with Crippen LogP contribution in [-0.2, 0) is 4.74 Å². The fraction of sp³-hybridized carbons (Fsp3) is 1.00. The van der Waals surface area contributed by atoms with Crippen LogP contribution in [0.5, 0.6) is 0 Å². The molecule has 0 bridgehead atoms. The Kier molecular flexibility index (Phi) is 4.91. The zero-order chi connectivity index (χ0) is 13.9. The summed E-state index contributed by atoms with van der Waals surface area (Å²) in [5.74, 6) is 0.701. The molecule has 2 aliphatic rings. The SMILES string of the molecule is COCC1CCCN(C2(CN)CCCC(C)(C)C2)C1. The molecule has 2 atom stereocenters. The van der Waals surface area contributed by atoms with Gasteiger partial charge in [-0.3, -0.25) is 4.90 Å². The van der Waals surface area contributed by atoms with Crippen LogP contribution < -0.4 is 5.73 Å². The number of piperidine rings is 1. The molecule has 0 aromatic heterocycles. The number of ether oxygens (including phenoxy) is 1. The molecule has 1 saturated carbocycles. The van der Waals surface area contributed by atoms with Gasteiger partial charge in [0.25, 0.3) is 0 Å². The highest BCUT2D eigenvalue weighted by Crippen LogP contribution is 2.44. The van der Waals surface area contributed by atoms with E-state index in [0.29, 0.717) is 11.3 Å². The van der Waals surface area contributed by atoms with Gasteiger partial charge in [-0.05, 0) is 50.0 Å². The first-order chi connectivity index (χ1) is 9.01. The normalized spacial score (nSPS) is 36.3. The lowest BCUT2D eigenvalue weighted by molar-refractivity contribution is -0.0260. The Balaban J connectivity index is 2.07. The fourth-order valence-corrected chi connectivity index (χ4v) is 4.40. The van der Waals surface area contributed by atoms with Gasteiger partial charge in [-0.1, -0.05) is 20.3 Å². The van der Waals surface area contributed by atoms with E-state index >= 15 is 0 Å². The summed E-state index contributed by atoms with van der Waals surface area (Å²) in [6, 6.07) is 0. The Morgan fingerprint density at radius 3 is 2.68 bits per heavy atom. The number of methoxy groups -OCH3 is 1. The Morgan fingerprint density at radius 2 is 2.05 bits per heavy atom. The van der Waals surface area contributed by atoms with E-state index in [2.05, 4.69) is 18.7 Å². The van der Waals surface area contributed by atoms with E-state index in [4.69, 9.17) is 10.5 Å². The molecule has 112 valence electrons. The number of rotatable bonds is 4. The molecular weight excluding hydrogens is 236 g/mol. The molecule has 0 aromatic carbocycles. The zero-order valence-electron chi connectivity index (χ0n) is 13.1. The average Bonchev–Trinajstić information content (AvgIpc) is 2.38. The number of nitrogens with two attached hydrogens (primary N) is 1. The molecule has 1 aliphatic carbocycles. The molecule has 0 aromatic rings. The summed E-state index contributed by atoms with van der Waals surface area (Å²) in [5.41, 5.74) is 6.94. The van der Waals surface area contributed by atoms with Crippen molar-refractivity contribution in [2.24, 2.45) is 17.1 Å². The van der Waals surface area contributed by atoms with Crippen LogP contribution >= 0.6 is 0 Å². The zero-order valence-corrected chi connectivity index (χ0v) is 13.1. The molecule has 0 amide bonds. The maximum Gasteiger partial charge on any atom is 0.0502 e. The van der Waals surface area contributed by atoms with Crippen LogP contribution in [0.25, 0.3) is 0 Å². The molecule has 0 radical (unpaired) electrons. The van der Waals surface area contributed by atoms with Crippen molar-refractivity contribution in [3.05, 3.63) is 0 Å². The van der Waals surface area contributed by atoms with Crippen LogP contribution in [-0.4, -0.2) is 43.8 Å². The summed E-state index contributed by atoms with van der Waals surface area (Å²) < 4.78 is 5.37. The van der Waals surface area contributed by atoms with Gasteiger partial charge in [0.15, 0.2) is 0 Å². The van der Waals surface area contributed by atoms with Gasteiger partial charge in [0, 0.05) is 25.7 Å². The minimum Gasteiger partial charge on any atom is -0.384 e. The number of likely N-dealkylation sites (tertiary alicyclic amines) is 1. The highest BCUT2D eigenvalue weighted by atomic mass is 16.5. The minimum atomic E-state index is 0.258. The van der Waals surface area contributed by atoms with Crippen LogP contribution in [0.15, 0.2) is 0 Å². The van der Waals surface area contributed by atoms with E-state index in [-0.39, 0.29) is 5.54 Å². The van der Waals surface area contributed by atoms with E-state index in [1.54, 1.807) is 0 Å². The summed E-state index contributed by atoms with van der Waals surface area (Å²) in [4.78, 5) is 2.71. The molecule has 2 unspecified atom stereocenters. The van der Waals surface area contributed by atoms with Crippen molar-refractivity contribution >= 4 is 0 Å². The predicted octanol–water partition coefficient (Wildman–Crippen LogP) is 2.64. The maximum absolute atomic E-state index is 6.24. The van der Waals surface area contributed by atoms with E-state index in [1.807, 2.05) is 7.11 Å². The highest BCUT2D eigenvalue weighted by Gasteiger charge is 2.44. The second kappa shape index (κ2) is 6.11.